The number of aromatic nitrogens is 3. The van der Waals surface area contributed by atoms with Gasteiger partial charge in [-0.1, -0.05) is 12.1 Å². The highest BCUT2D eigenvalue weighted by Gasteiger charge is 2.40. The first kappa shape index (κ1) is 23.1. The molecule has 0 radical (unpaired) electrons. The second-order valence-electron chi connectivity index (χ2n) is 8.83. The minimum atomic E-state index is -4.58. The Hall–Kier alpha value is -3.63. The second kappa shape index (κ2) is 8.86. The normalized spacial score (nSPS) is 17.2. The lowest BCUT2D eigenvalue weighted by atomic mass is 10.00. The number of hydrogen-bond donors (Lipinski definition) is 1. The van der Waals surface area contributed by atoms with Crippen molar-refractivity contribution in [3.8, 4) is 0 Å². The van der Waals surface area contributed by atoms with Gasteiger partial charge in [0, 0.05) is 31.5 Å². The number of aryl methyl sites for hydroxylation is 1. The Morgan fingerprint density at radius 2 is 1.91 bits per heavy atom. The zero-order valence-corrected chi connectivity index (χ0v) is 19.0. The molecule has 2 aromatic heterocycles. The maximum atomic E-state index is 14.4. The van der Waals surface area contributed by atoms with Crippen molar-refractivity contribution in [1.82, 2.24) is 20.1 Å². The number of para-hydroxylation sites is 1. The zero-order chi connectivity index (χ0) is 24.7. The number of aromatic amines is 1. The van der Waals surface area contributed by atoms with Gasteiger partial charge in [0.2, 0.25) is 0 Å². The van der Waals surface area contributed by atoms with Crippen LogP contribution < -0.4 is 9.80 Å². The van der Waals surface area contributed by atoms with Gasteiger partial charge in [0.05, 0.1) is 35.7 Å². The summed E-state index contributed by atoms with van der Waals surface area (Å²) in [5, 5.41) is 6.94. The first-order valence-electron chi connectivity index (χ1n) is 11.4. The Kier molecular flexibility index (Phi) is 5.86. The van der Waals surface area contributed by atoms with Crippen molar-refractivity contribution >= 4 is 17.4 Å². The molecule has 1 aromatic carbocycles. The van der Waals surface area contributed by atoms with E-state index in [1.165, 1.54) is 29.4 Å². The number of carbonyl (C=O) groups excluding carboxylic acids is 1. The van der Waals surface area contributed by atoms with Crippen molar-refractivity contribution in [1.29, 1.82) is 0 Å². The number of rotatable bonds is 4. The standard InChI is InChI=1S/C24H24F4N6O/c1-15-4-2-6-18(25)22(15)32-10-7-16(8-11-32)33-14-20-21(12-30-31-20)34(23(33)35)13-19-17(24(26,27)28)5-3-9-29-19/h2-6,9,12,16H,7-8,10-11,13-14H2,1H3,(H,30,31). The molecular weight excluding hydrogens is 464 g/mol. The minimum absolute atomic E-state index is 0.149. The predicted octanol–water partition coefficient (Wildman–Crippen LogP) is 4.88. The molecule has 35 heavy (non-hydrogen) atoms. The number of carbonyl (C=O) groups is 1. The van der Waals surface area contributed by atoms with Gasteiger partial charge >= 0.3 is 12.2 Å². The number of benzene rings is 1. The zero-order valence-electron chi connectivity index (χ0n) is 19.0. The Bertz CT molecular complexity index is 1210. The number of hydrogen-bond acceptors (Lipinski definition) is 4. The predicted molar refractivity (Wildman–Crippen MR) is 121 cm³/mol. The smallest absolute Gasteiger partial charge is 0.369 e. The molecule has 184 valence electrons. The molecule has 1 N–H and O–H groups in total. The summed E-state index contributed by atoms with van der Waals surface area (Å²) in [4.78, 5) is 22.4. The molecule has 7 nitrogen and oxygen atoms in total. The number of nitrogens with one attached hydrogen (secondary N) is 1. The molecule has 0 bridgehead atoms. The highest BCUT2D eigenvalue weighted by atomic mass is 19.4. The van der Waals surface area contributed by atoms with Gasteiger partial charge in [-0.15, -0.1) is 0 Å². The van der Waals surface area contributed by atoms with Gasteiger partial charge in [-0.3, -0.25) is 15.0 Å². The number of halogens is 4. The number of urea groups is 1. The first-order chi connectivity index (χ1) is 16.7. The van der Waals surface area contributed by atoms with E-state index in [-0.39, 0.29) is 30.6 Å². The third kappa shape index (κ3) is 4.30. The van der Waals surface area contributed by atoms with Crippen molar-refractivity contribution < 1.29 is 22.4 Å². The molecule has 4 heterocycles. The number of alkyl halides is 3. The molecule has 2 amide bonds. The van der Waals surface area contributed by atoms with E-state index in [4.69, 9.17) is 0 Å². The Balaban J connectivity index is 1.37. The average Bonchev–Trinajstić information content (AvgIpc) is 3.29. The number of anilines is 2. The summed E-state index contributed by atoms with van der Waals surface area (Å²) >= 11 is 0. The molecule has 11 heteroatoms. The van der Waals surface area contributed by atoms with Crippen molar-refractivity contribution in [2.24, 2.45) is 0 Å². The van der Waals surface area contributed by atoms with E-state index < -0.39 is 17.8 Å². The van der Waals surface area contributed by atoms with Crippen molar-refractivity contribution in [2.45, 2.75) is 45.1 Å². The highest BCUT2D eigenvalue weighted by Crippen LogP contribution is 2.36. The topological polar surface area (TPSA) is 68.4 Å². The van der Waals surface area contributed by atoms with E-state index in [0.717, 1.165) is 11.6 Å². The number of nitrogens with zero attached hydrogens (tertiary/aromatic N) is 5. The number of piperidine rings is 1. The first-order valence-corrected chi connectivity index (χ1v) is 11.4. The Labute approximate surface area is 199 Å². The number of pyridine rings is 1. The molecule has 0 spiro atoms. The summed E-state index contributed by atoms with van der Waals surface area (Å²) in [5.41, 5.74) is 1.35. The van der Waals surface area contributed by atoms with E-state index in [1.807, 2.05) is 17.9 Å². The van der Waals surface area contributed by atoms with E-state index in [2.05, 4.69) is 15.2 Å². The van der Waals surface area contributed by atoms with Crippen LogP contribution in [0.4, 0.5) is 33.7 Å². The van der Waals surface area contributed by atoms with E-state index >= 15 is 0 Å². The highest BCUT2D eigenvalue weighted by molar-refractivity contribution is 5.94. The largest absolute Gasteiger partial charge is 0.418 e. The average molecular weight is 488 g/mol. The summed E-state index contributed by atoms with van der Waals surface area (Å²) in [6.07, 6.45) is -0.578. The van der Waals surface area contributed by atoms with Gasteiger partial charge in [-0.2, -0.15) is 18.3 Å². The molecule has 5 rings (SSSR count). The molecule has 1 fully saturated rings. The van der Waals surface area contributed by atoms with Crippen molar-refractivity contribution in [3.63, 3.8) is 0 Å². The fourth-order valence-electron chi connectivity index (χ4n) is 4.98. The number of amides is 2. The lowest BCUT2D eigenvalue weighted by molar-refractivity contribution is -0.138. The van der Waals surface area contributed by atoms with Gasteiger partial charge in [-0.25, -0.2) is 9.18 Å². The van der Waals surface area contributed by atoms with Crippen LogP contribution in [0.25, 0.3) is 0 Å². The number of H-pyrrole nitrogens is 1. The summed E-state index contributed by atoms with van der Waals surface area (Å²) in [5.74, 6) is -0.277. The molecule has 0 saturated carbocycles. The van der Waals surface area contributed by atoms with E-state index in [0.29, 0.717) is 43.0 Å². The molecular formula is C24H24F4N6O. The van der Waals surface area contributed by atoms with Crippen molar-refractivity contribution in [3.05, 3.63) is 71.1 Å². The fourth-order valence-corrected chi connectivity index (χ4v) is 4.98. The van der Waals surface area contributed by atoms with Crippen LogP contribution in [-0.4, -0.2) is 45.2 Å². The van der Waals surface area contributed by atoms with Crippen LogP contribution in [0.1, 0.15) is 35.4 Å². The molecule has 2 aliphatic rings. The van der Waals surface area contributed by atoms with Crippen LogP contribution in [-0.2, 0) is 19.3 Å². The van der Waals surface area contributed by atoms with Gasteiger partial charge in [-0.05, 0) is 43.5 Å². The molecule has 1 saturated heterocycles. The van der Waals surface area contributed by atoms with Gasteiger partial charge in [0.1, 0.15) is 11.5 Å². The maximum absolute atomic E-state index is 14.4. The van der Waals surface area contributed by atoms with Gasteiger partial charge in [0.15, 0.2) is 0 Å². The maximum Gasteiger partial charge on any atom is 0.418 e. The van der Waals surface area contributed by atoms with Gasteiger partial charge < -0.3 is 9.80 Å². The summed E-state index contributed by atoms with van der Waals surface area (Å²) in [6.45, 7) is 2.91. The van der Waals surface area contributed by atoms with Crippen molar-refractivity contribution in [2.75, 3.05) is 22.9 Å². The lowest BCUT2D eigenvalue weighted by Gasteiger charge is -2.43. The molecule has 0 atom stereocenters. The third-order valence-electron chi connectivity index (χ3n) is 6.70. The summed E-state index contributed by atoms with van der Waals surface area (Å²) in [6, 6.07) is 6.63. The lowest BCUT2D eigenvalue weighted by Crippen LogP contribution is -2.54. The molecule has 0 aliphatic carbocycles. The molecule has 3 aromatic rings. The monoisotopic (exact) mass is 488 g/mol. The second-order valence-corrected chi connectivity index (χ2v) is 8.83. The third-order valence-corrected chi connectivity index (χ3v) is 6.70. The fraction of sp³-hybridized carbons (Fsp3) is 0.375. The minimum Gasteiger partial charge on any atom is -0.369 e. The Morgan fingerprint density at radius 1 is 1.14 bits per heavy atom. The SMILES string of the molecule is Cc1cccc(F)c1N1CCC(N2Cc3n[nH]cc3N(Cc3ncccc3C(F)(F)F)C2=O)CC1. The van der Waals surface area contributed by atoms with Gasteiger partial charge in [0.25, 0.3) is 0 Å². The van der Waals surface area contributed by atoms with Crippen LogP contribution in [0.3, 0.4) is 0 Å². The molecule has 0 unspecified atom stereocenters. The number of fused-ring (bicyclic) bond motifs is 1. The quantitative estimate of drug-likeness (QED) is 0.532. The van der Waals surface area contributed by atoms with E-state index in [9.17, 15) is 22.4 Å². The van der Waals surface area contributed by atoms with E-state index in [1.54, 1.807) is 11.0 Å². The summed E-state index contributed by atoms with van der Waals surface area (Å²) in [7, 11) is 0. The van der Waals surface area contributed by atoms with Crippen LogP contribution in [0.2, 0.25) is 0 Å². The van der Waals surface area contributed by atoms with Crippen LogP contribution in [0.15, 0.2) is 42.7 Å². The Morgan fingerprint density at radius 3 is 2.63 bits per heavy atom. The van der Waals surface area contributed by atoms with Crippen LogP contribution in [0.5, 0.6) is 0 Å². The summed E-state index contributed by atoms with van der Waals surface area (Å²) < 4.78 is 55.0. The van der Waals surface area contributed by atoms with Crippen LogP contribution in [0, 0.1) is 12.7 Å². The molecule has 2 aliphatic heterocycles. The van der Waals surface area contributed by atoms with Crippen LogP contribution >= 0.6 is 0 Å².